The lowest BCUT2D eigenvalue weighted by atomic mass is 10.2. The fourth-order valence-corrected chi connectivity index (χ4v) is 4.58. The summed E-state index contributed by atoms with van der Waals surface area (Å²) in [6.07, 6.45) is 1.62. The van der Waals surface area contributed by atoms with Crippen LogP contribution in [0.5, 0.6) is 0 Å². The lowest BCUT2D eigenvalue weighted by molar-refractivity contribution is -0.115. The zero-order valence-corrected chi connectivity index (χ0v) is 18.0. The van der Waals surface area contributed by atoms with E-state index in [-0.39, 0.29) is 11.2 Å². The van der Waals surface area contributed by atoms with Crippen molar-refractivity contribution in [1.82, 2.24) is 29.9 Å². The number of aromatic nitrogens is 6. The van der Waals surface area contributed by atoms with E-state index in [0.29, 0.717) is 16.7 Å². The zero-order valence-electron chi connectivity index (χ0n) is 16.4. The number of benzene rings is 1. The Balaban J connectivity index is 1.63. The quantitative estimate of drug-likeness (QED) is 0.444. The number of carbonyl (C=O) groups excluding carboxylic acids is 1. The first-order valence-corrected chi connectivity index (χ1v) is 11.2. The van der Waals surface area contributed by atoms with Crippen LogP contribution in [0.4, 0.5) is 5.13 Å². The molecule has 0 radical (unpaired) electrons. The maximum atomic E-state index is 12.7. The predicted molar refractivity (Wildman–Crippen MR) is 116 cm³/mol. The van der Waals surface area contributed by atoms with Gasteiger partial charge in [0.2, 0.25) is 16.2 Å². The Hall–Kier alpha value is -2.59. The number of nitrogens with one attached hydrogen (secondary N) is 1. The van der Waals surface area contributed by atoms with Crippen molar-refractivity contribution in [3.05, 3.63) is 29.3 Å². The molecule has 1 aromatic carbocycles. The summed E-state index contributed by atoms with van der Waals surface area (Å²) in [6, 6.07) is 8.13. The van der Waals surface area contributed by atoms with Gasteiger partial charge in [0.25, 0.3) is 0 Å². The van der Waals surface area contributed by atoms with Crippen LogP contribution < -0.4 is 5.32 Å². The standard InChI is InChI=1S/C19H21N7OS2/c1-4-10-26-13-9-7-6-8-12(13)15-16(26)20-18(25-23-15)29-14(5-2)17(27)21-19-24-22-11(3)28-19/h6-9,14H,4-5,10H2,1-3H3,(H,21,24,27)/t14-/m1/s1. The molecule has 10 heteroatoms. The number of fused-ring (bicyclic) bond motifs is 3. The zero-order chi connectivity index (χ0) is 20.4. The van der Waals surface area contributed by atoms with E-state index < -0.39 is 0 Å². The lowest BCUT2D eigenvalue weighted by Crippen LogP contribution is -2.24. The first kappa shape index (κ1) is 19.7. The van der Waals surface area contributed by atoms with Gasteiger partial charge in [0.15, 0.2) is 5.65 Å². The molecule has 1 atom stereocenters. The molecule has 0 aliphatic heterocycles. The molecule has 0 aliphatic rings. The van der Waals surface area contributed by atoms with E-state index in [1.165, 1.54) is 23.1 Å². The molecule has 150 valence electrons. The van der Waals surface area contributed by atoms with Crippen molar-refractivity contribution < 1.29 is 4.79 Å². The van der Waals surface area contributed by atoms with Gasteiger partial charge in [-0.1, -0.05) is 55.1 Å². The Labute approximate surface area is 176 Å². The van der Waals surface area contributed by atoms with Crippen LogP contribution in [0, 0.1) is 6.92 Å². The molecule has 4 rings (SSSR count). The molecule has 0 saturated heterocycles. The van der Waals surface area contributed by atoms with E-state index in [1.807, 2.05) is 32.0 Å². The minimum Gasteiger partial charge on any atom is -0.324 e. The maximum Gasteiger partial charge on any atom is 0.239 e. The summed E-state index contributed by atoms with van der Waals surface area (Å²) in [5.41, 5.74) is 2.70. The number of rotatable bonds is 7. The number of aryl methyl sites for hydroxylation is 2. The summed E-state index contributed by atoms with van der Waals surface area (Å²) in [5, 5.41) is 22.0. The van der Waals surface area contributed by atoms with Gasteiger partial charge in [-0.25, -0.2) is 4.98 Å². The second kappa shape index (κ2) is 8.42. The summed E-state index contributed by atoms with van der Waals surface area (Å²) in [7, 11) is 0. The molecule has 3 aromatic heterocycles. The van der Waals surface area contributed by atoms with Crippen LogP contribution in [-0.4, -0.2) is 41.1 Å². The Morgan fingerprint density at radius 2 is 2.03 bits per heavy atom. The van der Waals surface area contributed by atoms with Crippen LogP contribution in [0.25, 0.3) is 22.1 Å². The highest BCUT2D eigenvalue weighted by atomic mass is 32.2. The first-order chi connectivity index (χ1) is 14.1. The normalized spacial score (nSPS) is 12.5. The summed E-state index contributed by atoms with van der Waals surface area (Å²) in [6.45, 7) is 6.80. The van der Waals surface area contributed by atoms with Crippen molar-refractivity contribution in [2.24, 2.45) is 0 Å². The van der Waals surface area contributed by atoms with Crippen LogP contribution in [0.1, 0.15) is 31.7 Å². The smallest absolute Gasteiger partial charge is 0.239 e. The second-order valence-corrected chi connectivity index (χ2v) is 8.92. The Morgan fingerprint density at radius 3 is 2.76 bits per heavy atom. The third-order valence-electron chi connectivity index (χ3n) is 4.47. The molecule has 1 amide bonds. The molecule has 0 spiro atoms. The molecular weight excluding hydrogens is 406 g/mol. The molecule has 0 bridgehead atoms. The van der Waals surface area contributed by atoms with Gasteiger partial charge in [-0.05, 0) is 25.8 Å². The molecule has 8 nitrogen and oxygen atoms in total. The van der Waals surface area contributed by atoms with Crippen LogP contribution in [0.3, 0.4) is 0 Å². The van der Waals surface area contributed by atoms with Gasteiger partial charge in [0.05, 0.1) is 10.8 Å². The van der Waals surface area contributed by atoms with Gasteiger partial charge in [-0.3, -0.25) is 10.1 Å². The highest BCUT2D eigenvalue weighted by Crippen LogP contribution is 2.29. The third kappa shape index (κ3) is 3.95. The van der Waals surface area contributed by atoms with Gasteiger partial charge < -0.3 is 4.57 Å². The molecule has 0 fully saturated rings. The van der Waals surface area contributed by atoms with Gasteiger partial charge in [0.1, 0.15) is 10.5 Å². The number of para-hydroxylation sites is 1. The number of hydrogen-bond acceptors (Lipinski definition) is 8. The van der Waals surface area contributed by atoms with Crippen molar-refractivity contribution in [3.63, 3.8) is 0 Å². The number of amides is 1. The van der Waals surface area contributed by atoms with Gasteiger partial charge >= 0.3 is 0 Å². The largest absolute Gasteiger partial charge is 0.324 e. The van der Waals surface area contributed by atoms with Crippen LogP contribution in [-0.2, 0) is 11.3 Å². The molecule has 0 unspecified atom stereocenters. The van der Waals surface area contributed by atoms with Crippen LogP contribution in [0.15, 0.2) is 29.4 Å². The Bertz CT molecular complexity index is 1170. The lowest BCUT2D eigenvalue weighted by Gasteiger charge is -2.12. The molecular formula is C19H21N7OS2. The van der Waals surface area contributed by atoms with E-state index in [2.05, 4.69) is 43.3 Å². The molecule has 0 saturated carbocycles. The van der Waals surface area contributed by atoms with Crippen molar-refractivity contribution in [2.75, 3.05) is 5.32 Å². The van der Waals surface area contributed by atoms with E-state index in [4.69, 9.17) is 4.98 Å². The van der Waals surface area contributed by atoms with Crippen molar-refractivity contribution in [2.45, 2.75) is 50.6 Å². The van der Waals surface area contributed by atoms with E-state index in [9.17, 15) is 4.79 Å². The number of thioether (sulfide) groups is 1. The fraction of sp³-hybridized carbons (Fsp3) is 0.368. The SMILES string of the molecule is CCCn1c2ccccc2c2nnc(S[C@H](CC)C(=O)Nc3nnc(C)s3)nc21. The topological polar surface area (TPSA) is 98.5 Å². The Morgan fingerprint density at radius 1 is 1.21 bits per heavy atom. The summed E-state index contributed by atoms with van der Waals surface area (Å²) in [5.74, 6) is -0.133. The highest BCUT2D eigenvalue weighted by molar-refractivity contribution is 8.00. The van der Waals surface area contributed by atoms with Crippen LogP contribution >= 0.6 is 23.1 Å². The number of hydrogen-bond donors (Lipinski definition) is 1. The minimum absolute atomic E-state index is 0.133. The summed E-state index contributed by atoms with van der Waals surface area (Å²) in [4.78, 5) is 17.4. The molecule has 1 N–H and O–H groups in total. The van der Waals surface area contributed by atoms with Gasteiger partial charge in [-0.15, -0.1) is 20.4 Å². The molecule has 3 heterocycles. The predicted octanol–water partition coefficient (Wildman–Crippen LogP) is 4.06. The van der Waals surface area contributed by atoms with E-state index in [0.717, 1.165) is 40.0 Å². The number of carbonyl (C=O) groups is 1. The minimum atomic E-state index is -0.345. The number of anilines is 1. The van der Waals surface area contributed by atoms with Crippen molar-refractivity contribution in [3.8, 4) is 0 Å². The van der Waals surface area contributed by atoms with Gasteiger partial charge in [-0.2, -0.15) is 0 Å². The summed E-state index contributed by atoms with van der Waals surface area (Å²) >= 11 is 2.67. The average Bonchev–Trinajstić information content (AvgIpc) is 3.27. The fourth-order valence-electron chi connectivity index (χ4n) is 3.17. The van der Waals surface area contributed by atoms with Crippen LogP contribution in [0.2, 0.25) is 0 Å². The highest BCUT2D eigenvalue weighted by Gasteiger charge is 2.22. The first-order valence-electron chi connectivity index (χ1n) is 9.50. The van der Waals surface area contributed by atoms with Crippen molar-refractivity contribution in [1.29, 1.82) is 0 Å². The van der Waals surface area contributed by atoms with Crippen molar-refractivity contribution >= 4 is 56.2 Å². The average molecular weight is 428 g/mol. The monoisotopic (exact) mass is 427 g/mol. The summed E-state index contributed by atoms with van der Waals surface area (Å²) < 4.78 is 2.18. The number of nitrogens with zero attached hydrogens (tertiary/aromatic N) is 6. The second-order valence-electron chi connectivity index (χ2n) is 6.57. The van der Waals surface area contributed by atoms with E-state index in [1.54, 1.807) is 0 Å². The molecule has 29 heavy (non-hydrogen) atoms. The van der Waals surface area contributed by atoms with E-state index >= 15 is 0 Å². The molecule has 4 aromatic rings. The van der Waals surface area contributed by atoms with Gasteiger partial charge in [0, 0.05) is 11.9 Å². The third-order valence-corrected chi connectivity index (χ3v) is 6.44. The Kier molecular flexibility index (Phi) is 5.72. The molecule has 0 aliphatic carbocycles. The maximum absolute atomic E-state index is 12.7.